The molecule has 0 fully saturated rings. The third-order valence-corrected chi connectivity index (χ3v) is 3.90. The van der Waals surface area contributed by atoms with Crippen molar-refractivity contribution in [3.8, 4) is 11.5 Å². The van der Waals surface area contributed by atoms with Crippen LogP contribution in [-0.4, -0.2) is 31.2 Å². The topological polar surface area (TPSA) is 73.9 Å². The molecule has 0 bridgehead atoms. The molecule has 144 valence electrons. The van der Waals surface area contributed by atoms with Crippen LogP contribution < -0.4 is 14.8 Å². The van der Waals surface area contributed by atoms with Gasteiger partial charge in [0.1, 0.15) is 11.5 Å². The Balaban J connectivity index is 1.83. The number of hydrogen-bond donors (Lipinski definition) is 1. The lowest BCUT2D eigenvalue weighted by Crippen LogP contribution is -2.32. The third kappa shape index (κ3) is 6.02. The number of hydrogen-bond acceptors (Lipinski definition) is 5. The van der Waals surface area contributed by atoms with E-state index < -0.39 is 12.1 Å². The molecule has 0 aliphatic rings. The monoisotopic (exact) mass is 371 g/mol. The fourth-order valence-corrected chi connectivity index (χ4v) is 2.46. The molecule has 0 aliphatic heterocycles. The van der Waals surface area contributed by atoms with Gasteiger partial charge in [-0.1, -0.05) is 18.2 Å². The van der Waals surface area contributed by atoms with Crippen LogP contribution >= 0.6 is 0 Å². The van der Waals surface area contributed by atoms with Crippen molar-refractivity contribution in [3.63, 3.8) is 0 Å². The molecule has 0 saturated heterocycles. The van der Waals surface area contributed by atoms with Crippen molar-refractivity contribution in [3.05, 3.63) is 53.6 Å². The maximum absolute atomic E-state index is 12.3. The number of para-hydroxylation sites is 1. The minimum atomic E-state index is -0.930. The second-order valence-electron chi connectivity index (χ2n) is 6.08. The first-order valence-corrected chi connectivity index (χ1v) is 8.83. The summed E-state index contributed by atoms with van der Waals surface area (Å²) >= 11 is 0. The van der Waals surface area contributed by atoms with Crippen LogP contribution in [0.2, 0.25) is 0 Å². The van der Waals surface area contributed by atoms with Crippen molar-refractivity contribution in [1.82, 2.24) is 0 Å². The number of rotatable bonds is 8. The van der Waals surface area contributed by atoms with Gasteiger partial charge in [0, 0.05) is 5.69 Å². The largest absolute Gasteiger partial charge is 0.494 e. The van der Waals surface area contributed by atoms with Gasteiger partial charge >= 0.3 is 5.97 Å². The number of aryl methyl sites for hydroxylation is 2. The van der Waals surface area contributed by atoms with Gasteiger partial charge in [-0.2, -0.15) is 0 Å². The Kier molecular flexibility index (Phi) is 7.23. The maximum Gasteiger partial charge on any atom is 0.344 e. The van der Waals surface area contributed by atoms with Gasteiger partial charge < -0.3 is 19.5 Å². The van der Waals surface area contributed by atoms with Crippen LogP contribution in [0.1, 0.15) is 25.0 Å². The molecule has 0 aliphatic carbocycles. The van der Waals surface area contributed by atoms with Crippen molar-refractivity contribution in [2.24, 2.45) is 0 Å². The molecule has 6 heteroatoms. The average molecular weight is 371 g/mol. The minimum Gasteiger partial charge on any atom is -0.494 e. The average Bonchev–Trinajstić information content (AvgIpc) is 2.64. The number of nitrogens with one attached hydrogen (secondary N) is 1. The molecule has 2 rings (SSSR count). The molecule has 2 aromatic rings. The van der Waals surface area contributed by atoms with Gasteiger partial charge in [-0.15, -0.1) is 0 Å². The fraction of sp³-hybridized carbons (Fsp3) is 0.333. The second-order valence-corrected chi connectivity index (χ2v) is 6.08. The van der Waals surface area contributed by atoms with Crippen molar-refractivity contribution in [2.45, 2.75) is 33.8 Å². The highest BCUT2D eigenvalue weighted by atomic mass is 16.6. The van der Waals surface area contributed by atoms with E-state index >= 15 is 0 Å². The van der Waals surface area contributed by atoms with E-state index in [0.717, 1.165) is 22.6 Å². The van der Waals surface area contributed by atoms with Crippen LogP contribution in [0.4, 0.5) is 5.69 Å². The number of carbonyl (C=O) groups excluding carboxylic acids is 2. The van der Waals surface area contributed by atoms with Crippen molar-refractivity contribution >= 4 is 17.6 Å². The molecule has 0 spiro atoms. The number of amides is 1. The van der Waals surface area contributed by atoms with Crippen molar-refractivity contribution in [2.75, 3.05) is 18.5 Å². The van der Waals surface area contributed by atoms with Crippen LogP contribution in [0.3, 0.4) is 0 Å². The summed E-state index contributed by atoms with van der Waals surface area (Å²) < 4.78 is 15.9. The highest BCUT2D eigenvalue weighted by molar-refractivity contribution is 5.96. The molecular weight excluding hydrogens is 346 g/mol. The first-order valence-electron chi connectivity index (χ1n) is 8.83. The summed E-state index contributed by atoms with van der Waals surface area (Å²) in [4.78, 5) is 24.2. The van der Waals surface area contributed by atoms with E-state index in [0.29, 0.717) is 12.4 Å². The lowest BCUT2D eigenvalue weighted by Gasteiger charge is -2.16. The molecule has 0 aromatic heterocycles. The highest BCUT2D eigenvalue weighted by Crippen LogP contribution is 2.20. The number of anilines is 1. The maximum atomic E-state index is 12.3. The summed E-state index contributed by atoms with van der Waals surface area (Å²) in [7, 11) is 0. The van der Waals surface area contributed by atoms with E-state index in [1.807, 2.05) is 39.0 Å². The van der Waals surface area contributed by atoms with Gasteiger partial charge in [0.15, 0.2) is 12.7 Å². The van der Waals surface area contributed by atoms with Gasteiger partial charge in [0.25, 0.3) is 5.91 Å². The summed E-state index contributed by atoms with van der Waals surface area (Å²) in [6, 6.07) is 12.6. The predicted molar refractivity (Wildman–Crippen MR) is 103 cm³/mol. The summed E-state index contributed by atoms with van der Waals surface area (Å²) in [6.07, 6.45) is -0.930. The zero-order valence-corrected chi connectivity index (χ0v) is 16.1. The Hall–Kier alpha value is -3.02. The summed E-state index contributed by atoms with van der Waals surface area (Å²) in [5.41, 5.74) is 2.62. The quantitative estimate of drug-likeness (QED) is 0.717. The Morgan fingerprint density at radius 2 is 1.52 bits per heavy atom. The van der Waals surface area contributed by atoms with E-state index in [1.54, 1.807) is 24.3 Å². The van der Waals surface area contributed by atoms with E-state index in [1.165, 1.54) is 6.92 Å². The zero-order valence-electron chi connectivity index (χ0n) is 16.1. The second kappa shape index (κ2) is 9.62. The van der Waals surface area contributed by atoms with E-state index in [4.69, 9.17) is 14.2 Å². The molecule has 0 heterocycles. The van der Waals surface area contributed by atoms with Gasteiger partial charge in [-0.3, -0.25) is 4.79 Å². The molecular formula is C21H25NO5. The first-order chi connectivity index (χ1) is 12.9. The highest BCUT2D eigenvalue weighted by Gasteiger charge is 2.19. The Morgan fingerprint density at radius 3 is 2.07 bits per heavy atom. The minimum absolute atomic E-state index is 0.283. The number of carbonyl (C=O) groups is 2. The zero-order chi connectivity index (χ0) is 19.8. The van der Waals surface area contributed by atoms with Crippen LogP contribution in [0.15, 0.2) is 42.5 Å². The SMILES string of the molecule is CCOc1ccc(OCC(=O)O[C@@H](C)C(=O)Nc2c(C)cccc2C)cc1. The normalized spacial score (nSPS) is 11.4. The van der Waals surface area contributed by atoms with Crippen LogP contribution in [0.25, 0.3) is 0 Å². The number of ether oxygens (including phenoxy) is 3. The smallest absolute Gasteiger partial charge is 0.344 e. The van der Waals surface area contributed by atoms with E-state index in [9.17, 15) is 9.59 Å². The van der Waals surface area contributed by atoms with Gasteiger partial charge in [0.2, 0.25) is 0 Å². The Bertz CT molecular complexity index is 765. The molecule has 1 atom stereocenters. The van der Waals surface area contributed by atoms with Gasteiger partial charge in [0.05, 0.1) is 6.61 Å². The molecule has 6 nitrogen and oxygen atoms in total. The van der Waals surface area contributed by atoms with Crippen molar-refractivity contribution in [1.29, 1.82) is 0 Å². The first kappa shape index (κ1) is 20.3. The molecule has 0 radical (unpaired) electrons. The summed E-state index contributed by atoms with van der Waals surface area (Å²) in [6.45, 7) is 7.54. The van der Waals surface area contributed by atoms with Crippen LogP contribution in [0, 0.1) is 13.8 Å². The number of benzene rings is 2. The lowest BCUT2D eigenvalue weighted by molar-refractivity contribution is -0.155. The fourth-order valence-electron chi connectivity index (χ4n) is 2.46. The molecule has 2 aromatic carbocycles. The van der Waals surface area contributed by atoms with Gasteiger partial charge in [-0.25, -0.2) is 4.79 Å². The number of esters is 1. The molecule has 1 N–H and O–H groups in total. The standard InChI is InChI=1S/C21H25NO5/c1-5-25-17-9-11-18(12-10-17)26-13-19(23)27-16(4)21(24)22-20-14(2)7-6-8-15(20)3/h6-12,16H,5,13H2,1-4H3,(H,22,24)/t16-/m0/s1. The van der Waals surface area contributed by atoms with Gasteiger partial charge in [-0.05, 0) is 63.1 Å². The van der Waals surface area contributed by atoms with E-state index in [-0.39, 0.29) is 12.5 Å². The molecule has 0 saturated carbocycles. The third-order valence-electron chi connectivity index (χ3n) is 3.90. The van der Waals surface area contributed by atoms with E-state index in [2.05, 4.69) is 5.32 Å². The van der Waals surface area contributed by atoms with Crippen LogP contribution in [0.5, 0.6) is 11.5 Å². The molecule has 1 amide bonds. The Morgan fingerprint density at radius 1 is 0.963 bits per heavy atom. The lowest BCUT2D eigenvalue weighted by atomic mass is 10.1. The predicted octanol–water partition coefficient (Wildman–Crippen LogP) is 3.65. The van der Waals surface area contributed by atoms with Crippen LogP contribution in [-0.2, 0) is 14.3 Å². The summed E-state index contributed by atoms with van der Waals surface area (Å²) in [5, 5.41) is 2.80. The van der Waals surface area contributed by atoms with Crippen molar-refractivity contribution < 1.29 is 23.8 Å². The molecule has 27 heavy (non-hydrogen) atoms. The summed E-state index contributed by atoms with van der Waals surface area (Å²) in [5.74, 6) is 0.238. The Labute approximate surface area is 159 Å². The molecule has 0 unspecified atom stereocenters.